The van der Waals surface area contributed by atoms with Crippen molar-refractivity contribution in [3.63, 3.8) is 0 Å². The standard InChI is InChI=1S/C11H19NO3/c1-10(2)7-5-6-8(10)12-15-11(3,4)9(13)14/h5-7H2,1-4H3,(H,13,14)/b12-8-. The zero-order valence-electron chi connectivity index (χ0n) is 9.83. The zero-order valence-corrected chi connectivity index (χ0v) is 9.83. The lowest BCUT2D eigenvalue weighted by Gasteiger charge is -2.21. The lowest BCUT2D eigenvalue weighted by molar-refractivity contribution is -0.161. The predicted octanol–water partition coefficient (Wildman–Crippen LogP) is 2.43. The van der Waals surface area contributed by atoms with Crippen LogP contribution in [0.4, 0.5) is 0 Å². The first-order valence-corrected chi connectivity index (χ1v) is 5.25. The molecule has 0 aromatic carbocycles. The summed E-state index contributed by atoms with van der Waals surface area (Å²) in [6.07, 6.45) is 3.09. The molecule has 0 radical (unpaired) electrons. The van der Waals surface area contributed by atoms with Crippen LogP contribution in [0.3, 0.4) is 0 Å². The van der Waals surface area contributed by atoms with E-state index in [0.29, 0.717) is 0 Å². The molecular formula is C11H19NO3. The molecule has 0 unspecified atom stereocenters. The van der Waals surface area contributed by atoms with E-state index >= 15 is 0 Å². The van der Waals surface area contributed by atoms with Gasteiger partial charge in [0, 0.05) is 5.41 Å². The number of carbonyl (C=O) groups is 1. The maximum absolute atomic E-state index is 10.8. The van der Waals surface area contributed by atoms with Crippen LogP contribution < -0.4 is 0 Å². The second kappa shape index (κ2) is 3.83. The number of oxime groups is 1. The average Bonchev–Trinajstić information content (AvgIpc) is 2.41. The van der Waals surface area contributed by atoms with E-state index in [0.717, 1.165) is 25.0 Å². The van der Waals surface area contributed by atoms with Crippen LogP contribution in [0, 0.1) is 5.41 Å². The van der Waals surface area contributed by atoms with E-state index in [2.05, 4.69) is 19.0 Å². The quantitative estimate of drug-likeness (QED) is 0.732. The maximum Gasteiger partial charge on any atom is 0.350 e. The molecule has 0 spiro atoms. The Morgan fingerprint density at radius 2 is 2.13 bits per heavy atom. The summed E-state index contributed by atoms with van der Waals surface area (Å²) in [5.41, 5.74) is -0.225. The molecule has 15 heavy (non-hydrogen) atoms. The van der Waals surface area contributed by atoms with Crippen molar-refractivity contribution in [3.8, 4) is 0 Å². The molecule has 1 saturated carbocycles. The van der Waals surface area contributed by atoms with Crippen LogP contribution >= 0.6 is 0 Å². The molecule has 1 aliphatic carbocycles. The Morgan fingerprint density at radius 3 is 2.53 bits per heavy atom. The first kappa shape index (κ1) is 12.0. The van der Waals surface area contributed by atoms with Gasteiger partial charge in [-0.2, -0.15) is 0 Å². The Labute approximate surface area is 90.3 Å². The van der Waals surface area contributed by atoms with Crippen LogP contribution in [0.25, 0.3) is 0 Å². The molecule has 1 N–H and O–H groups in total. The van der Waals surface area contributed by atoms with E-state index in [1.165, 1.54) is 13.8 Å². The molecule has 4 heteroatoms. The van der Waals surface area contributed by atoms with Crippen molar-refractivity contribution in [2.24, 2.45) is 10.6 Å². The molecule has 86 valence electrons. The Kier molecular flexibility index (Phi) is 3.07. The number of nitrogens with zero attached hydrogens (tertiary/aromatic N) is 1. The van der Waals surface area contributed by atoms with Crippen molar-refractivity contribution in [3.05, 3.63) is 0 Å². The van der Waals surface area contributed by atoms with Crippen LogP contribution in [0.1, 0.15) is 47.0 Å². The third kappa shape index (κ3) is 2.70. The molecule has 4 nitrogen and oxygen atoms in total. The number of rotatable bonds is 3. The largest absolute Gasteiger partial charge is 0.478 e. The minimum absolute atomic E-state index is 0.0502. The molecule has 0 atom stereocenters. The third-order valence-corrected chi connectivity index (χ3v) is 2.90. The molecular weight excluding hydrogens is 194 g/mol. The first-order chi connectivity index (χ1) is 6.76. The SMILES string of the molecule is CC(C)(O/N=C1/CCCC1(C)C)C(=O)O. The predicted molar refractivity (Wildman–Crippen MR) is 57.9 cm³/mol. The van der Waals surface area contributed by atoms with E-state index in [1.54, 1.807) is 0 Å². The minimum Gasteiger partial charge on any atom is -0.478 e. The molecule has 0 bridgehead atoms. The molecule has 0 aliphatic heterocycles. The van der Waals surface area contributed by atoms with Gasteiger partial charge in [-0.15, -0.1) is 0 Å². The minimum atomic E-state index is -1.24. The number of carboxylic acids is 1. The maximum atomic E-state index is 10.8. The highest BCUT2D eigenvalue weighted by molar-refractivity contribution is 5.91. The highest BCUT2D eigenvalue weighted by Gasteiger charge is 2.34. The van der Waals surface area contributed by atoms with Crippen LogP contribution in [0.2, 0.25) is 0 Å². The molecule has 0 aromatic heterocycles. The summed E-state index contributed by atoms with van der Waals surface area (Å²) in [5.74, 6) is -0.998. The van der Waals surface area contributed by atoms with Gasteiger partial charge in [0.2, 0.25) is 5.60 Å². The summed E-state index contributed by atoms with van der Waals surface area (Å²) in [4.78, 5) is 15.9. The lowest BCUT2D eigenvalue weighted by atomic mass is 9.90. The van der Waals surface area contributed by atoms with Gasteiger partial charge in [0.15, 0.2) is 0 Å². The smallest absolute Gasteiger partial charge is 0.350 e. The van der Waals surface area contributed by atoms with E-state index in [4.69, 9.17) is 9.94 Å². The number of hydrogen-bond acceptors (Lipinski definition) is 3. The average molecular weight is 213 g/mol. The summed E-state index contributed by atoms with van der Waals surface area (Å²) in [6, 6.07) is 0. The van der Waals surface area contributed by atoms with Gasteiger partial charge >= 0.3 is 5.97 Å². The summed E-state index contributed by atoms with van der Waals surface area (Å²) in [6.45, 7) is 7.22. The fourth-order valence-corrected chi connectivity index (χ4v) is 1.56. The highest BCUT2D eigenvalue weighted by Crippen LogP contribution is 2.34. The Morgan fingerprint density at radius 1 is 1.53 bits per heavy atom. The van der Waals surface area contributed by atoms with Gasteiger partial charge < -0.3 is 9.94 Å². The lowest BCUT2D eigenvalue weighted by Crippen LogP contribution is -2.33. The van der Waals surface area contributed by atoms with Gasteiger partial charge in [0.25, 0.3) is 0 Å². The second-order valence-electron chi connectivity index (χ2n) is 5.18. The summed E-state index contributed by atoms with van der Waals surface area (Å²) in [7, 11) is 0. The van der Waals surface area contributed by atoms with E-state index in [1.807, 2.05) is 0 Å². The first-order valence-electron chi connectivity index (χ1n) is 5.25. The molecule has 0 amide bonds. The molecule has 1 fully saturated rings. The van der Waals surface area contributed by atoms with E-state index < -0.39 is 11.6 Å². The van der Waals surface area contributed by atoms with E-state index in [9.17, 15) is 4.79 Å². The van der Waals surface area contributed by atoms with Crippen LogP contribution in [-0.4, -0.2) is 22.4 Å². The van der Waals surface area contributed by atoms with Crippen LogP contribution in [0.5, 0.6) is 0 Å². The molecule has 0 heterocycles. The van der Waals surface area contributed by atoms with Gasteiger partial charge in [0.05, 0.1) is 5.71 Å². The van der Waals surface area contributed by atoms with Gasteiger partial charge in [0.1, 0.15) is 0 Å². The van der Waals surface area contributed by atoms with Gasteiger partial charge in [-0.1, -0.05) is 19.0 Å². The third-order valence-electron chi connectivity index (χ3n) is 2.90. The number of aliphatic carboxylic acids is 1. The second-order valence-corrected chi connectivity index (χ2v) is 5.18. The fraction of sp³-hybridized carbons (Fsp3) is 0.818. The Bertz CT molecular complexity index is 292. The molecule has 1 aliphatic rings. The topological polar surface area (TPSA) is 58.9 Å². The zero-order chi connectivity index (χ0) is 11.7. The van der Waals surface area contributed by atoms with Crippen LogP contribution in [0.15, 0.2) is 5.16 Å². The highest BCUT2D eigenvalue weighted by atomic mass is 16.7. The van der Waals surface area contributed by atoms with Gasteiger partial charge in [-0.05, 0) is 33.1 Å². The molecule has 0 aromatic rings. The summed E-state index contributed by atoms with van der Waals surface area (Å²) in [5, 5.41) is 12.9. The summed E-state index contributed by atoms with van der Waals surface area (Å²) >= 11 is 0. The van der Waals surface area contributed by atoms with Gasteiger partial charge in [-0.25, -0.2) is 4.79 Å². The number of carboxylic acid groups (broad SMARTS) is 1. The summed E-state index contributed by atoms with van der Waals surface area (Å²) < 4.78 is 0. The number of hydrogen-bond donors (Lipinski definition) is 1. The normalized spacial score (nSPS) is 23.1. The van der Waals surface area contributed by atoms with Crippen molar-refractivity contribution in [1.29, 1.82) is 0 Å². The van der Waals surface area contributed by atoms with E-state index in [-0.39, 0.29) is 5.41 Å². The van der Waals surface area contributed by atoms with Crippen molar-refractivity contribution in [1.82, 2.24) is 0 Å². The fourth-order valence-electron chi connectivity index (χ4n) is 1.56. The molecule has 1 rings (SSSR count). The van der Waals surface area contributed by atoms with Crippen molar-refractivity contribution < 1.29 is 14.7 Å². The van der Waals surface area contributed by atoms with Gasteiger partial charge in [-0.3, -0.25) is 0 Å². The van der Waals surface area contributed by atoms with Crippen molar-refractivity contribution in [2.45, 2.75) is 52.6 Å². The Balaban J connectivity index is 2.70. The van der Waals surface area contributed by atoms with Crippen molar-refractivity contribution >= 4 is 11.7 Å². The Hall–Kier alpha value is -1.06. The van der Waals surface area contributed by atoms with Crippen LogP contribution in [-0.2, 0) is 9.63 Å². The molecule has 0 saturated heterocycles. The monoisotopic (exact) mass is 213 g/mol. The van der Waals surface area contributed by atoms with Crippen molar-refractivity contribution in [2.75, 3.05) is 0 Å².